The standard InChI is InChI=1S/C17H18ClNO5/c1-10-7-19(8-11(2)23-10)16(20)9-22-17(21)15-6-12-5-13(18)3-4-14(12)24-15/h3-6,10-11H,7-9H2,1-2H3/t10-,11-/m0/s1. The fourth-order valence-electron chi connectivity index (χ4n) is 2.79. The lowest BCUT2D eigenvalue weighted by molar-refractivity contribution is -0.146. The number of benzene rings is 1. The molecule has 1 aliphatic rings. The molecule has 128 valence electrons. The molecule has 1 aromatic heterocycles. The largest absolute Gasteiger partial charge is 0.450 e. The number of carbonyl (C=O) groups excluding carboxylic acids is 2. The molecule has 0 unspecified atom stereocenters. The lowest BCUT2D eigenvalue weighted by Gasteiger charge is -2.35. The molecule has 0 saturated carbocycles. The van der Waals surface area contributed by atoms with Crippen molar-refractivity contribution < 1.29 is 23.5 Å². The molecule has 24 heavy (non-hydrogen) atoms. The maximum Gasteiger partial charge on any atom is 0.374 e. The van der Waals surface area contributed by atoms with Gasteiger partial charge in [0.25, 0.3) is 5.91 Å². The molecule has 0 aliphatic carbocycles. The number of morpholine rings is 1. The van der Waals surface area contributed by atoms with Crippen LogP contribution in [-0.4, -0.2) is 48.7 Å². The summed E-state index contributed by atoms with van der Waals surface area (Å²) < 4.78 is 16.1. The quantitative estimate of drug-likeness (QED) is 0.795. The summed E-state index contributed by atoms with van der Waals surface area (Å²) in [6.07, 6.45) is -0.0676. The van der Waals surface area contributed by atoms with Crippen LogP contribution in [0.4, 0.5) is 0 Å². The molecular formula is C17H18ClNO5. The van der Waals surface area contributed by atoms with Crippen molar-refractivity contribution in [1.29, 1.82) is 0 Å². The SMILES string of the molecule is C[C@H]1CN(C(=O)COC(=O)c2cc3cc(Cl)ccc3o2)C[C@H](C)O1. The maximum atomic E-state index is 12.2. The predicted octanol–water partition coefficient (Wildman–Crippen LogP) is 2.88. The lowest BCUT2D eigenvalue weighted by atomic mass is 10.2. The topological polar surface area (TPSA) is 69.0 Å². The van der Waals surface area contributed by atoms with Gasteiger partial charge in [-0.1, -0.05) is 11.6 Å². The molecule has 0 bridgehead atoms. The maximum absolute atomic E-state index is 12.2. The van der Waals surface area contributed by atoms with Crippen LogP contribution in [0.25, 0.3) is 11.0 Å². The van der Waals surface area contributed by atoms with Crippen molar-refractivity contribution >= 4 is 34.4 Å². The van der Waals surface area contributed by atoms with E-state index in [0.29, 0.717) is 29.1 Å². The number of fused-ring (bicyclic) bond motifs is 1. The summed E-state index contributed by atoms with van der Waals surface area (Å²) in [6, 6.07) is 6.59. The molecule has 1 fully saturated rings. The van der Waals surface area contributed by atoms with Gasteiger partial charge in [-0.25, -0.2) is 4.79 Å². The van der Waals surface area contributed by atoms with Gasteiger partial charge in [-0.3, -0.25) is 4.79 Å². The zero-order chi connectivity index (χ0) is 17.3. The van der Waals surface area contributed by atoms with Crippen LogP contribution in [0, 0.1) is 0 Å². The molecule has 2 aromatic rings. The van der Waals surface area contributed by atoms with Gasteiger partial charge >= 0.3 is 5.97 Å². The first-order valence-corrected chi connectivity index (χ1v) is 8.09. The summed E-state index contributed by atoms with van der Waals surface area (Å²) in [5.74, 6) is -0.877. The first kappa shape index (κ1) is 16.8. The number of amides is 1. The van der Waals surface area contributed by atoms with Crippen molar-refractivity contribution in [3.8, 4) is 0 Å². The number of furan rings is 1. The van der Waals surface area contributed by atoms with Gasteiger partial charge in [-0.2, -0.15) is 0 Å². The fraction of sp³-hybridized carbons (Fsp3) is 0.412. The minimum atomic E-state index is -0.676. The summed E-state index contributed by atoms with van der Waals surface area (Å²) in [5, 5.41) is 1.26. The highest BCUT2D eigenvalue weighted by molar-refractivity contribution is 6.31. The number of hydrogen-bond acceptors (Lipinski definition) is 5. The average Bonchev–Trinajstić information content (AvgIpc) is 2.94. The van der Waals surface area contributed by atoms with Gasteiger partial charge in [0.2, 0.25) is 5.76 Å². The van der Waals surface area contributed by atoms with E-state index in [1.54, 1.807) is 29.2 Å². The van der Waals surface area contributed by atoms with Gasteiger partial charge < -0.3 is 18.8 Å². The molecule has 2 atom stereocenters. The van der Waals surface area contributed by atoms with Gasteiger partial charge in [-0.15, -0.1) is 0 Å². The fourth-order valence-corrected chi connectivity index (χ4v) is 2.97. The second kappa shape index (κ2) is 6.83. The molecule has 0 radical (unpaired) electrons. The smallest absolute Gasteiger partial charge is 0.374 e. The number of ether oxygens (including phenoxy) is 2. The van der Waals surface area contributed by atoms with Crippen molar-refractivity contribution in [2.45, 2.75) is 26.1 Å². The number of carbonyl (C=O) groups is 2. The number of nitrogens with zero attached hydrogens (tertiary/aromatic N) is 1. The molecule has 1 saturated heterocycles. The van der Waals surface area contributed by atoms with Gasteiger partial charge in [0.05, 0.1) is 12.2 Å². The normalized spacial score (nSPS) is 21.0. The first-order valence-electron chi connectivity index (χ1n) is 7.72. The van der Waals surface area contributed by atoms with E-state index in [0.717, 1.165) is 0 Å². The third-order valence-electron chi connectivity index (χ3n) is 3.78. The van der Waals surface area contributed by atoms with Crippen LogP contribution in [0.15, 0.2) is 28.7 Å². The van der Waals surface area contributed by atoms with Crippen molar-refractivity contribution in [2.24, 2.45) is 0 Å². The Balaban J connectivity index is 1.60. The van der Waals surface area contributed by atoms with Crippen molar-refractivity contribution in [2.75, 3.05) is 19.7 Å². The zero-order valence-corrected chi connectivity index (χ0v) is 14.2. The van der Waals surface area contributed by atoms with Gasteiger partial charge in [0.15, 0.2) is 6.61 Å². The molecule has 0 spiro atoms. The van der Waals surface area contributed by atoms with Crippen LogP contribution in [0.3, 0.4) is 0 Å². The van der Waals surface area contributed by atoms with Gasteiger partial charge in [0, 0.05) is 23.5 Å². The van der Waals surface area contributed by atoms with Crippen LogP contribution in [0.5, 0.6) is 0 Å². The molecule has 3 rings (SSSR count). The molecule has 6 nitrogen and oxygen atoms in total. The minimum Gasteiger partial charge on any atom is -0.450 e. The Hall–Kier alpha value is -2.05. The Labute approximate surface area is 144 Å². The highest BCUT2D eigenvalue weighted by Gasteiger charge is 2.26. The van der Waals surface area contributed by atoms with E-state index >= 15 is 0 Å². The average molecular weight is 352 g/mol. The summed E-state index contributed by atoms with van der Waals surface area (Å²) in [7, 11) is 0. The summed E-state index contributed by atoms with van der Waals surface area (Å²) >= 11 is 5.90. The molecule has 1 aromatic carbocycles. The molecule has 1 aliphatic heterocycles. The van der Waals surface area contributed by atoms with Crippen molar-refractivity contribution in [3.63, 3.8) is 0 Å². The first-order chi connectivity index (χ1) is 11.4. The van der Waals surface area contributed by atoms with Gasteiger partial charge in [0.1, 0.15) is 5.58 Å². The Morgan fingerprint density at radius 2 is 1.96 bits per heavy atom. The monoisotopic (exact) mass is 351 g/mol. The molecule has 2 heterocycles. The zero-order valence-electron chi connectivity index (χ0n) is 13.5. The molecule has 0 N–H and O–H groups in total. The van der Waals surface area contributed by atoms with Crippen LogP contribution >= 0.6 is 11.6 Å². The summed E-state index contributed by atoms with van der Waals surface area (Å²) in [4.78, 5) is 25.9. The van der Waals surface area contributed by atoms with E-state index in [9.17, 15) is 9.59 Å². The minimum absolute atomic E-state index is 0.0338. The van der Waals surface area contributed by atoms with Crippen molar-refractivity contribution in [3.05, 3.63) is 35.0 Å². The number of rotatable bonds is 3. The molecular weight excluding hydrogens is 334 g/mol. The predicted molar refractivity (Wildman–Crippen MR) is 88.1 cm³/mol. The third-order valence-corrected chi connectivity index (χ3v) is 4.01. The number of halogens is 1. The van der Waals surface area contributed by atoms with Crippen LogP contribution < -0.4 is 0 Å². The molecule has 7 heteroatoms. The number of hydrogen-bond donors (Lipinski definition) is 0. The van der Waals surface area contributed by atoms with Crippen molar-refractivity contribution in [1.82, 2.24) is 4.90 Å². The second-order valence-electron chi connectivity index (χ2n) is 5.92. The summed E-state index contributed by atoms with van der Waals surface area (Å²) in [6.45, 7) is 4.47. The Kier molecular flexibility index (Phi) is 4.78. The summed E-state index contributed by atoms with van der Waals surface area (Å²) in [5.41, 5.74) is 0.536. The van der Waals surface area contributed by atoms with Gasteiger partial charge in [-0.05, 0) is 38.1 Å². The third kappa shape index (κ3) is 3.71. The van der Waals surface area contributed by atoms with E-state index in [2.05, 4.69) is 0 Å². The highest BCUT2D eigenvalue weighted by Crippen LogP contribution is 2.23. The highest BCUT2D eigenvalue weighted by atomic mass is 35.5. The lowest BCUT2D eigenvalue weighted by Crippen LogP contribution is -2.49. The van der Waals surface area contributed by atoms with E-state index in [4.69, 9.17) is 25.5 Å². The van der Waals surface area contributed by atoms with E-state index in [-0.39, 0.29) is 30.5 Å². The van der Waals surface area contributed by atoms with Crippen LogP contribution in [-0.2, 0) is 14.3 Å². The van der Waals surface area contributed by atoms with E-state index in [1.165, 1.54) is 0 Å². The Bertz CT molecular complexity index is 761. The second-order valence-corrected chi connectivity index (χ2v) is 6.36. The van der Waals surface area contributed by atoms with Crippen LogP contribution in [0.2, 0.25) is 5.02 Å². The Morgan fingerprint density at radius 3 is 2.67 bits per heavy atom. The molecule has 1 amide bonds. The Morgan fingerprint density at radius 1 is 1.25 bits per heavy atom. The number of esters is 1. The van der Waals surface area contributed by atoms with Crippen LogP contribution in [0.1, 0.15) is 24.4 Å². The van der Waals surface area contributed by atoms with E-state index in [1.807, 2.05) is 13.8 Å². The van der Waals surface area contributed by atoms with E-state index < -0.39 is 5.97 Å².